The van der Waals surface area contributed by atoms with Crippen molar-refractivity contribution in [2.75, 3.05) is 0 Å². The Bertz CT molecular complexity index is 839. The molecule has 1 aromatic heterocycles. The van der Waals surface area contributed by atoms with Gasteiger partial charge >= 0.3 is 0 Å². The zero-order chi connectivity index (χ0) is 18.5. The summed E-state index contributed by atoms with van der Waals surface area (Å²) in [5.74, 6) is -0.906. The van der Waals surface area contributed by atoms with Crippen LogP contribution in [0.25, 0.3) is 5.57 Å². The summed E-state index contributed by atoms with van der Waals surface area (Å²) < 4.78 is 33.2. The fourth-order valence-corrected chi connectivity index (χ4v) is 3.12. The number of pyridine rings is 1. The number of carbonyl (C=O) groups excluding carboxylic acids is 1. The van der Waals surface area contributed by atoms with E-state index in [1.807, 2.05) is 6.08 Å². The highest BCUT2D eigenvalue weighted by Gasteiger charge is 2.17. The molecule has 0 saturated carbocycles. The minimum atomic E-state index is -0.599. The number of benzene rings is 1. The quantitative estimate of drug-likeness (QED) is 0.636. The third-order valence-corrected chi connectivity index (χ3v) is 4.71. The highest BCUT2D eigenvalue weighted by molar-refractivity contribution is 6.30. The first-order chi connectivity index (χ1) is 12.6. The number of carbonyl (C=O) groups is 1. The predicted molar refractivity (Wildman–Crippen MR) is 95.9 cm³/mol. The third-order valence-electron chi connectivity index (χ3n) is 4.47. The Morgan fingerprint density at radius 1 is 1.23 bits per heavy atom. The van der Waals surface area contributed by atoms with Gasteiger partial charge in [-0.2, -0.15) is 0 Å². The van der Waals surface area contributed by atoms with E-state index < -0.39 is 11.6 Å². The van der Waals surface area contributed by atoms with Gasteiger partial charge in [-0.15, -0.1) is 0 Å². The van der Waals surface area contributed by atoms with Crippen LogP contribution >= 0.6 is 11.6 Å². The lowest BCUT2D eigenvalue weighted by atomic mass is 9.86. The number of halogens is 3. The van der Waals surface area contributed by atoms with Crippen molar-refractivity contribution in [2.24, 2.45) is 5.92 Å². The summed E-state index contributed by atoms with van der Waals surface area (Å²) in [7, 11) is 0. The minimum absolute atomic E-state index is 0.142. The van der Waals surface area contributed by atoms with Crippen molar-refractivity contribution in [1.29, 1.82) is 0 Å². The average molecular weight is 378 g/mol. The summed E-state index contributed by atoms with van der Waals surface area (Å²) in [6, 6.07) is 7.14. The summed E-state index contributed by atoms with van der Waals surface area (Å²) in [5.41, 5.74) is 1.92. The number of nitrogens with zero attached hydrogens (tertiary/aromatic N) is 1. The molecule has 0 radical (unpaired) electrons. The molecule has 3 nitrogen and oxygen atoms in total. The fraction of sp³-hybridized carbons (Fsp3) is 0.300. The maximum Gasteiger partial charge on any atom is 0.251 e. The van der Waals surface area contributed by atoms with Gasteiger partial charge < -0.3 is 9.53 Å². The van der Waals surface area contributed by atoms with Crippen LogP contribution in [0.5, 0.6) is 5.88 Å². The summed E-state index contributed by atoms with van der Waals surface area (Å²) in [6.45, 7) is -0.142. The first kappa shape index (κ1) is 18.5. The zero-order valence-corrected chi connectivity index (χ0v) is 14.8. The molecule has 3 rings (SSSR count). The second-order valence-corrected chi connectivity index (χ2v) is 6.72. The molecule has 1 unspecified atom stereocenters. The molecule has 26 heavy (non-hydrogen) atoms. The van der Waals surface area contributed by atoms with Gasteiger partial charge in [0.05, 0.1) is 5.69 Å². The van der Waals surface area contributed by atoms with Crippen LogP contribution in [0.2, 0.25) is 5.02 Å². The third kappa shape index (κ3) is 4.47. The smallest absolute Gasteiger partial charge is 0.251 e. The van der Waals surface area contributed by atoms with E-state index in [9.17, 15) is 13.6 Å². The Hall–Kier alpha value is -2.27. The second-order valence-electron chi connectivity index (χ2n) is 6.28. The number of allylic oxidation sites excluding steroid dienone is 2. The molecule has 1 atom stereocenters. The van der Waals surface area contributed by atoms with Crippen molar-refractivity contribution < 1.29 is 18.3 Å². The van der Waals surface area contributed by atoms with Crippen LogP contribution in [0.1, 0.15) is 36.9 Å². The molecule has 6 heteroatoms. The number of rotatable bonds is 6. The topological polar surface area (TPSA) is 39.2 Å². The van der Waals surface area contributed by atoms with E-state index in [0.717, 1.165) is 31.1 Å². The maximum atomic E-state index is 14.0. The predicted octanol–water partition coefficient (Wildman–Crippen LogP) is 5.36. The van der Waals surface area contributed by atoms with Crippen LogP contribution in [-0.4, -0.2) is 11.3 Å². The summed E-state index contributed by atoms with van der Waals surface area (Å²) in [5, 5.41) is 0.287. The van der Waals surface area contributed by atoms with Gasteiger partial charge in [-0.25, -0.2) is 13.8 Å². The molecule has 1 aliphatic carbocycles. The molecule has 0 amide bonds. The van der Waals surface area contributed by atoms with Crippen molar-refractivity contribution in [3.05, 3.63) is 64.3 Å². The van der Waals surface area contributed by atoms with E-state index >= 15 is 0 Å². The molecule has 0 bridgehead atoms. The normalized spacial score (nSPS) is 16.9. The first-order valence-corrected chi connectivity index (χ1v) is 8.81. The Kier molecular flexibility index (Phi) is 5.99. The largest absolute Gasteiger partial charge is 0.471 e. The van der Waals surface area contributed by atoms with Crippen molar-refractivity contribution >= 4 is 23.5 Å². The van der Waals surface area contributed by atoms with Gasteiger partial charge in [-0.1, -0.05) is 23.7 Å². The average Bonchev–Trinajstić information content (AvgIpc) is 2.63. The molecule has 1 aliphatic rings. The number of hydrogen-bond donors (Lipinski definition) is 0. The van der Waals surface area contributed by atoms with Crippen molar-refractivity contribution in [2.45, 2.75) is 32.3 Å². The lowest BCUT2D eigenvalue weighted by Crippen LogP contribution is -2.08. The Morgan fingerprint density at radius 3 is 2.77 bits per heavy atom. The maximum absolute atomic E-state index is 14.0. The molecule has 136 valence electrons. The summed E-state index contributed by atoms with van der Waals surface area (Å²) >= 11 is 5.72. The standard InChI is InChI=1S/C20H18ClF2NO2/c21-16-6-5-15(18(23)11-16)12-26-20-17(22)7-8-19(24-20)14-3-1-13(2-4-14)9-10-25/h3,5-8,10-11,13H,1-2,4,9,12H2. The van der Waals surface area contributed by atoms with E-state index in [2.05, 4.69) is 4.98 Å². The summed E-state index contributed by atoms with van der Waals surface area (Å²) in [6.07, 6.45) is 6.03. The molecule has 1 aromatic carbocycles. The van der Waals surface area contributed by atoms with E-state index in [4.69, 9.17) is 16.3 Å². The molecule has 0 fully saturated rings. The number of aldehydes is 1. The van der Waals surface area contributed by atoms with Crippen molar-refractivity contribution in [3.63, 3.8) is 0 Å². The van der Waals surface area contributed by atoms with Crippen LogP contribution in [0, 0.1) is 17.6 Å². The highest BCUT2D eigenvalue weighted by Crippen LogP contribution is 2.32. The lowest BCUT2D eigenvalue weighted by molar-refractivity contribution is -0.108. The Balaban J connectivity index is 1.73. The van der Waals surface area contributed by atoms with Crippen molar-refractivity contribution in [1.82, 2.24) is 4.98 Å². The molecule has 2 aromatic rings. The molecule has 1 heterocycles. The van der Waals surface area contributed by atoms with Gasteiger partial charge in [-0.05, 0) is 55.0 Å². The lowest BCUT2D eigenvalue weighted by Gasteiger charge is -2.20. The van der Waals surface area contributed by atoms with Gasteiger partial charge in [-0.3, -0.25) is 0 Å². The van der Waals surface area contributed by atoms with Gasteiger partial charge in [0.2, 0.25) is 0 Å². The SMILES string of the molecule is O=CCC1CC=C(c2ccc(F)c(OCc3ccc(Cl)cc3F)n2)CC1. The van der Waals surface area contributed by atoms with Gasteiger partial charge in [0.25, 0.3) is 5.88 Å². The second kappa shape index (κ2) is 8.41. The van der Waals surface area contributed by atoms with Crippen LogP contribution in [-0.2, 0) is 11.4 Å². The first-order valence-electron chi connectivity index (χ1n) is 8.43. The molecule has 0 saturated heterocycles. The molecule has 0 N–H and O–H groups in total. The number of aromatic nitrogens is 1. The summed E-state index contributed by atoms with van der Waals surface area (Å²) in [4.78, 5) is 14.9. The van der Waals surface area contributed by atoms with Gasteiger partial charge in [0.1, 0.15) is 18.7 Å². The van der Waals surface area contributed by atoms with E-state index in [1.54, 1.807) is 12.1 Å². The fourth-order valence-electron chi connectivity index (χ4n) is 2.96. The minimum Gasteiger partial charge on any atom is -0.471 e. The molecule has 0 spiro atoms. The van der Waals surface area contributed by atoms with E-state index in [1.165, 1.54) is 18.2 Å². The van der Waals surface area contributed by atoms with Crippen LogP contribution in [0.3, 0.4) is 0 Å². The highest BCUT2D eigenvalue weighted by atomic mass is 35.5. The zero-order valence-electron chi connectivity index (χ0n) is 14.1. The number of hydrogen-bond acceptors (Lipinski definition) is 3. The van der Waals surface area contributed by atoms with Crippen LogP contribution in [0.15, 0.2) is 36.4 Å². The molecular formula is C20H18ClF2NO2. The van der Waals surface area contributed by atoms with E-state index in [-0.39, 0.29) is 23.1 Å². The molecular weight excluding hydrogens is 360 g/mol. The Morgan fingerprint density at radius 2 is 2.08 bits per heavy atom. The van der Waals surface area contributed by atoms with Crippen LogP contribution < -0.4 is 4.74 Å². The Labute approximate surface area is 155 Å². The number of ether oxygens (including phenoxy) is 1. The molecule has 0 aliphatic heterocycles. The van der Waals surface area contributed by atoms with Gasteiger partial charge in [0.15, 0.2) is 5.82 Å². The van der Waals surface area contributed by atoms with E-state index in [0.29, 0.717) is 18.0 Å². The van der Waals surface area contributed by atoms with Gasteiger partial charge in [0, 0.05) is 17.0 Å². The van der Waals surface area contributed by atoms with Crippen molar-refractivity contribution in [3.8, 4) is 5.88 Å². The monoisotopic (exact) mass is 377 g/mol. The van der Waals surface area contributed by atoms with Crippen LogP contribution in [0.4, 0.5) is 8.78 Å².